The zero-order valence-electron chi connectivity index (χ0n) is 25.1. The van der Waals surface area contributed by atoms with E-state index in [1.54, 1.807) is 14.2 Å². The monoisotopic (exact) mass is 553 g/mol. The normalized spacial score (nSPS) is 12.9. The molecule has 0 saturated carbocycles. The Morgan fingerprint density at radius 3 is 1.74 bits per heavy atom. The molecule has 0 spiro atoms. The fourth-order valence-electron chi connectivity index (χ4n) is 6.71. The number of benzene rings is 5. The summed E-state index contributed by atoms with van der Waals surface area (Å²) in [5, 5.41) is 0. The lowest BCUT2D eigenvalue weighted by atomic mass is 9.78. The fraction of sp³-hybridized carbons (Fsp3) is 0.231. The average molecular weight is 554 g/mol. The van der Waals surface area contributed by atoms with Gasteiger partial charge in [0.05, 0.1) is 14.2 Å². The number of hydrogen-bond acceptors (Lipinski definition) is 3. The molecule has 0 bridgehead atoms. The molecule has 3 heteroatoms. The summed E-state index contributed by atoms with van der Waals surface area (Å²) in [5.41, 5.74) is 11.7. The van der Waals surface area contributed by atoms with Crippen LogP contribution in [0.15, 0.2) is 115 Å². The van der Waals surface area contributed by atoms with Crippen molar-refractivity contribution >= 4 is 5.69 Å². The van der Waals surface area contributed by atoms with Crippen LogP contribution in [0.4, 0.5) is 5.69 Å². The molecular formula is C39H39NO2. The van der Waals surface area contributed by atoms with Gasteiger partial charge in [-0.05, 0) is 70.0 Å². The molecule has 212 valence electrons. The van der Waals surface area contributed by atoms with E-state index in [2.05, 4.69) is 122 Å². The maximum Gasteiger partial charge on any atom is 0.122 e. The Bertz CT molecular complexity index is 1640. The van der Waals surface area contributed by atoms with Crippen molar-refractivity contribution < 1.29 is 9.47 Å². The van der Waals surface area contributed by atoms with Gasteiger partial charge in [-0.3, -0.25) is 0 Å². The summed E-state index contributed by atoms with van der Waals surface area (Å²) in [6.07, 6.45) is 1.76. The Morgan fingerprint density at radius 1 is 0.571 bits per heavy atom. The minimum absolute atomic E-state index is 0.121. The van der Waals surface area contributed by atoms with Crippen molar-refractivity contribution in [2.24, 2.45) is 0 Å². The summed E-state index contributed by atoms with van der Waals surface area (Å²) in [7, 11) is 3.51. The van der Waals surface area contributed by atoms with Crippen LogP contribution in [0.1, 0.15) is 36.1 Å². The number of hydrogen-bond donors (Lipinski definition) is 0. The van der Waals surface area contributed by atoms with Crippen LogP contribution in [-0.2, 0) is 18.3 Å². The van der Waals surface area contributed by atoms with Gasteiger partial charge in [-0.25, -0.2) is 0 Å². The average Bonchev–Trinajstić information content (AvgIpc) is 3.28. The minimum Gasteiger partial charge on any atom is -0.496 e. The third-order valence-electron chi connectivity index (χ3n) is 8.79. The predicted octanol–water partition coefficient (Wildman–Crippen LogP) is 8.97. The van der Waals surface area contributed by atoms with Crippen LogP contribution < -0.4 is 14.4 Å². The van der Waals surface area contributed by atoms with E-state index in [1.165, 1.54) is 50.2 Å². The van der Waals surface area contributed by atoms with Gasteiger partial charge in [-0.1, -0.05) is 111 Å². The van der Waals surface area contributed by atoms with Crippen LogP contribution in [0.2, 0.25) is 0 Å². The first-order valence-corrected chi connectivity index (χ1v) is 14.8. The summed E-state index contributed by atoms with van der Waals surface area (Å²) in [6, 6.07) is 41.3. The number of anilines is 1. The molecule has 5 aromatic carbocycles. The van der Waals surface area contributed by atoms with Crippen molar-refractivity contribution in [2.45, 2.75) is 32.1 Å². The van der Waals surface area contributed by atoms with Crippen LogP contribution in [0.25, 0.3) is 22.3 Å². The first kappa shape index (κ1) is 27.7. The van der Waals surface area contributed by atoms with Gasteiger partial charge >= 0.3 is 0 Å². The predicted molar refractivity (Wildman–Crippen MR) is 175 cm³/mol. The highest BCUT2D eigenvalue weighted by Crippen LogP contribution is 2.54. The fourth-order valence-corrected chi connectivity index (χ4v) is 6.71. The van der Waals surface area contributed by atoms with Gasteiger partial charge in [0.25, 0.3) is 0 Å². The minimum atomic E-state index is -0.121. The third-order valence-corrected chi connectivity index (χ3v) is 8.79. The number of para-hydroxylation sites is 2. The lowest BCUT2D eigenvalue weighted by molar-refractivity contribution is 0.409. The lowest BCUT2D eigenvalue weighted by Crippen LogP contribution is -2.30. The van der Waals surface area contributed by atoms with E-state index in [0.717, 1.165) is 37.4 Å². The third kappa shape index (κ3) is 5.05. The highest BCUT2D eigenvalue weighted by Gasteiger charge is 2.38. The Morgan fingerprint density at radius 2 is 1.12 bits per heavy atom. The van der Waals surface area contributed by atoms with E-state index in [1.807, 2.05) is 12.1 Å². The van der Waals surface area contributed by atoms with Gasteiger partial charge in [-0.15, -0.1) is 0 Å². The topological polar surface area (TPSA) is 21.7 Å². The van der Waals surface area contributed by atoms with Crippen LogP contribution >= 0.6 is 0 Å². The van der Waals surface area contributed by atoms with E-state index in [4.69, 9.17) is 9.47 Å². The van der Waals surface area contributed by atoms with Gasteiger partial charge < -0.3 is 14.4 Å². The molecule has 0 aliphatic heterocycles. The highest BCUT2D eigenvalue weighted by molar-refractivity contribution is 5.94. The summed E-state index contributed by atoms with van der Waals surface area (Å²) < 4.78 is 11.4. The van der Waals surface area contributed by atoms with Gasteiger partial charge in [0.15, 0.2) is 0 Å². The number of ether oxygens (including phenoxy) is 2. The lowest BCUT2D eigenvalue weighted by Gasteiger charge is -2.32. The second-order valence-electron chi connectivity index (χ2n) is 11.5. The van der Waals surface area contributed by atoms with Crippen molar-refractivity contribution in [2.75, 3.05) is 32.2 Å². The number of rotatable bonds is 10. The molecule has 0 aromatic heterocycles. The molecule has 0 fully saturated rings. The second kappa shape index (κ2) is 11.8. The molecule has 0 radical (unpaired) electrons. The Hall–Kier alpha value is -4.50. The SMILES string of the molecule is COc1ccccc1CCN(CCc1ccccc1OC)c1ccc2c(c1-c1ccccc1)C(C)(C)c1ccccc1-2. The summed E-state index contributed by atoms with van der Waals surface area (Å²) in [4.78, 5) is 2.57. The van der Waals surface area contributed by atoms with Crippen molar-refractivity contribution in [1.29, 1.82) is 0 Å². The van der Waals surface area contributed by atoms with E-state index in [-0.39, 0.29) is 5.41 Å². The number of nitrogens with zero attached hydrogens (tertiary/aromatic N) is 1. The summed E-state index contributed by atoms with van der Waals surface area (Å²) >= 11 is 0. The quantitative estimate of drug-likeness (QED) is 0.172. The van der Waals surface area contributed by atoms with Gasteiger partial charge in [0.2, 0.25) is 0 Å². The molecule has 5 aromatic rings. The second-order valence-corrected chi connectivity index (χ2v) is 11.5. The molecule has 42 heavy (non-hydrogen) atoms. The maximum absolute atomic E-state index is 5.72. The Kier molecular flexibility index (Phi) is 7.75. The first-order valence-electron chi connectivity index (χ1n) is 14.8. The number of fused-ring (bicyclic) bond motifs is 3. The maximum atomic E-state index is 5.72. The van der Waals surface area contributed by atoms with Gasteiger partial charge in [-0.2, -0.15) is 0 Å². The smallest absolute Gasteiger partial charge is 0.122 e. The highest BCUT2D eigenvalue weighted by atomic mass is 16.5. The Balaban J connectivity index is 1.49. The van der Waals surface area contributed by atoms with Crippen LogP contribution in [0.3, 0.4) is 0 Å². The summed E-state index contributed by atoms with van der Waals surface area (Å²) in [6.45, 7) is 6.48. The van der Waals surface area contributed by atoms with Crippen LogP contribution in [-0.4, -0.2) is 27.3 Å². The largest absolute Gasteiger partial charge is 0.496 e. The van der Waals surface area contributed by atoms with E-state index >= 15 is 0 Å². The van der Waals surface area contributed by atoms with Gasteiger partial charge in [0.1, 0.15) is 11.5 Å². The molecule has 6 rings (SSSR count). The molecular weight excluding hydrogens is 514 g/mol. The first-order chi connectivity index (χ1) is 20.5. The van der Waals surface area contributed by atoms with E-state index in [0.29, 0.717) is 0 Å². The van der Waals surface area contributed by atoms with Crippen LogP contribution in [0.5, 0.6) is 11.5 Å². The zero-order chi connectivity index (χ0) is 29.1. The molecule has 1 aliphatic rings. The molecule has 0 amide bonds. The van der Waals surface area contributed by atoms with Crippen molar-refractivity contribution in [1.82, 2.24) is 0 Å². The molecule has 0 heterocycles. The molecule has 3 nitrogen and oxygen atoms in total. The molecule has 0 atom stereocenters. The number of methoxy groups -OCH3 is 2. The van der Waals surface area contributed by atoms with E-state index < -0.39 is 0 Å². The van der Waals surface area contributed by atoms with Crippen molar-refractivity contribution in [3.05, 3.63) is 138 Å². The van der Waals surface area contributed by atoms with Crippen molar-refractivity contribution in [3.63, 3.8) is 0 Å². The zero-order valence-corrected chi connectivity index (χ0v) is 25.1. The van der Waals surface area contributed by atoms with Gasteiger partial charge in [0, 0.05) is 29.8 Å². The summed E-state index contributed by atoms with van der Waals surface area (Å²) in [5.74, 6) is 1.88. The standard InChI is InChI=1S/C39H39NO2/c1-39(2)33-19-11-10-18-31(33)32-22-23-34(37(38(32)39)30-16-6-5-7-17-30)40(26-24-28-14-8-12-20-35(28)41-3)27-25-29-15-9-13-21-36(29)42-4/h5-23H,24-27H2,1-4H3. The molecule has 0 saturated heterocycles. The van der Waals surface area contributed by atoms with Crippen molar-refractivity contribution in [3.8, 4) is 33.8 Å². The van der Waals surface area contributed by atoms with E-state index in [9.17, 15) is 0 Å². The van der Waals surface area contributed by atoms with Crippen LogP contribution in [0, 0.1) is 0 Å². The molecule has 0 unspecified atom stereocenters. The molecule has 1 aliphatic carbocycles. The molecule has 0 N–H and O–H groups in total. The Labute approximate surface area is 250 Å².